The van der Waals surface area contributed by atoms with Gasteiger partial charge in [-0.2, -0.15) is 18.3 Å². The summed E-state index contributed by atoms with van der Waals surface area (Å²) in [7, 11) is 0. The first-order chi connectivity index (χ1) is 13.3. The maximum Gasteiger partial charge on any atom is 0.436 e. The summed E-state index contributed by atoms with van der Waals surface area (Å²) < 4.78 is 46.2. The van der Waals surface area contributed by atoms with Crippen molar-refractivity contribution in [2.24, 2.45) is 0 Å². The summed E-state index contributed by atoms with van der Waals surface area (Å²) in [5.41, 5.74) is -0.470. The summed E-state index contributed by atoms with van der Waals surface area (Å²) in [6.07, 6.45) is -1.28. The minimum atomic E-state index is -4.55. The molecule has 0 spiro atoms. The monoisotopic (exact) mass is 460 g/mol. The van der Waals surface area contributed by atoms with E-state index in [0.29, 0.717) is 38.4 Å². The van der Waals surface area contributed by atoms with E-state index in [1.54, 1.807) is 11.2 Å². The predicted octanol–water partition coefficient (Wildman–Crippen LogP) is 3.48. The van der Waals surface area contributed by atoms with Crippen molar-refractivity contribution in [1.29, 1.82) is 0 Å². The molecular formula is C18H20BrF3N4O2. The van der Waals surface area contributed by atoms with Crippen molar-refractivity contribution in [3.63, 3.8) is 0 Å². The number of carbonyl (C=O) groups is 1. The molecule has 0 aromatic carbocycles. The van der Waals surface area contributed by atoms with Crippen LogP contribution < -0.4 is 0 Å². The third-order valence-electron chi connectivity index (χ3n) is 5.13. The molecule has 1 saturated carbocycles. The average Bonchev–Trinajstić information content (AvgIpc) is 3.23. The third-order valence-corrected chi connectivity index (χ3v) is 5.92. The standard InChI is InChI=1S/C18H20BrF3N4O2/c19-15-16(12-3-4-12)26(23-17(15)18(20,21)22)11-14(27)25-7-5-24(6-8-25)10-13-2-1-9-28-13/h1-2,9,12H,3-8,10-11H2. The molecule has 1 amide bonds. The maximum absolute atomic E-state index is 13.2. The van der Waals surface area contributed by atoms with Crippen LogP contribution in [0.25, 0.3) is 0 Å². The van der Waals surface area contributed by atoms with Crippen LogP contribution >= 0.6 is 15.9 Å². The predicted molar refractivity (Wildman–Crippen MR) is 97.5 cm³/mol. The van der Waals surface area contributed by atoms with Gasteiger partial charge in [0.25, 0.3) is 0 Å². The van der Waals surface area contributed by atoms with Gasteiger partial charge >= 0.3 is 6.18 Å². The average molecular weight is 461 g/mol. The number of alkyl halides is 3. The largest absolute Gasteiger partial charge is 0.468 e. The second-order valence-electron chi connectivity index (χ2n) is 7.21. The van der Waals surface area contributed by atoms with Crippen LogP contribution in [-0.4, -0.2) is 51.7 Å². The molecule has 0 bridgehead atoms. The summed E-state index contributed by atoms with van der Waals surface area (Å²) in [5.74, 6) is 0.703. The van der Waals surface area contributed by atoms with E-state index in [0.717, 1.165) is 18.6 Å². The Bertz CT molecular complexity index is 838. The van der Waals surface area contributed by atoms with Crippen LogP contribution in [0.5, 0.6) is 0 Å². The Kier molecular flexibility index (Phi) is 5.26. The number of furan rings is 1. The fourth-order valence-electron chi connectivity index (χ4n) is 3.51. The number of piperazine rings is 1. The molecule has 2 aliphatic rings. The Morgan fingerprint density at radius 3 is 2.54 bits per heavy atom. The number of nitrogens with zero attached hydrogens (tertiary/aromatic N) is 4. The zero-order valence-corrected chi connectivity index (χ0v) is 16.7. The third kappa shape index (κ3) is 4.12. The molecule has 0 N–H and O–H groups in total. The van der Waals surface area contributed by atoms with Crippen molar-refractivity contribution < 1.29 is 22.4 Å². The molecule has 1 saturated heterocycles. The van der Waals surface area contributed by atoms with Gasteiger partial charge in [-0.05, 0) is 40.9 Å². The highest BCUT2D eigenvalue weighted by atomic mass is 79.9. The molecule has 2 aromatic rings. The summed E-state index contributed by atoms with van der Waals surface area (Å²) in [6, 6.07) is 3.74. The van der Waals surface area contributed by atoms with Crippen molar-refractivity contribution in [1.82, 2.24) is 19.6 Å². The van der Waals surface area contributed by atoms with Crippen LogP contribution in [0.1, 0.15) is 35.9 Å². The topological polar surface area (TPSA) is 54.5 Å². The number of amides is 1. The molecule has 2 fully saturated rings. The molecule has 4 rings (SSSR count). The van der Waals surface area contributed by atoms with E-state index < -0.39 is 11.9 Å². The normalized spacial score (nSPS) is 18.6. The Morgan fingerprint density at radius 2 is 1.96 bits per heavy atom. The number of carbonyl (C=O) groups excluding carboxylic acids is 1. The van der Waals surface area contributed by atoms with Crippen LogP contribution in [0, 0.1) is 0 Å². The Balaban J connectivity index is 1.40. The molecule has 1 aliphatic heterocycles. The minimum absolute atomic E-state index is 0.0291. The number of rotatable bonds is 5. The lowest BCUT2D eigenvalue weighted by Crippen LogP contribution is -2.49. The summed E-state index contributed by atoms with van der Waals surface area (Å²) >= 11 is 3.06. The summed E-state index contributed by atoms with van der Waals surface area (Å²) in [6.45, 7) is 2.97. The van der Waals surface area contributed by atoms with Gasteiger partial charge in [-0.1, -0.05) is 0 Å². The van der Waals surface area contributed by atoms with Crippen molar-refractivity contribution in [2.45, 2.75) is 38.0 Å². The lowest BCUT2D eigenvalue weighted by Gasteiger charge is -2.34. The van der Waals surface area contributed by atoms with Gasteiger partial charge in [-0.25, -0.2) is 0 Å². The highest BCUT2D eigenvalue weighted by Crippen LogP contribution is 2.46. The van der Waals surface area contributed by atoms with E-state index in [-0.39, 0.29) is 22.8 Å². The first-order valence-corrected chi connectivity index (χ1v) is 9.98. The van der Waals surface area contributed by atoms with Crippen LogP contribution in [0.4, 0.5) is 13.2 Å². The van der Waals surface area contributed by atoms with Gasteiger partial charge in [0.15, 0.2) is 5.69 Å². The molecule has 28 heavy (non-hydrogen) atoms. The second-order valence-corrected chi connectivity index (χ2v) is 8.01. The maximum atomic E-state index is 13.2. The SMILES string of the molecule is O=C(Cn1nc(C(F)(F)F)c(Br)c1C1CC1)N1CCN(Cc2ccco2)CC1. The highest BCUT2D eigenvalue weighted by molar-refractivity contribution is 9.10. The molecule has 6 nitrogen and oxygen atoms in total. The summed E-state index contributed by atoms with van der Waals surface area (Å²) in [5, 5.41) is 3.72. The van der Waals surface area contributed by atoms with Crippen LogP contribution in [0.15, 0.2) is 27.3 Å². The summed E-state index contributed by atoms with van der Waals surface area (Å²) in [4.78, 5) is 16.6. The van der Waals surface area contributed by atoms with Crippen molar-refractivity contribution in [2.75, 3.05) is 26.2 Å². The molecule has 10 heteroatoms. The number of hydrogen-bond acceptors (Lipinski definition) is 4. The van der Waals surface area contributed by atoms with Gasteiger partial charge < -0.3 is 9.32 Å². The zero-order chi connectivity index (χ0) is 19.9. The number of halogens is 4. The van der Waals surface area contributed by atoms with E-state index >= 15 is 0 Å². The number of hydrogen-bond donors (Lipinski definition) is 0. The highest BCUT2D eigenvalue weighted by Gasteiger charge is 2.42. The van der Waals surface area contributed by atoms with E-state index in [1.165, 1.54) is 4.68 Å². The van der Waals surface area contributed by atoms with Crippen molar-refractivity contribution in [3.8, 4) is 0 Å². The molecular weight excluding hydrogens is 441 g/mol. The molecule has 1 aliphatic carbocycles. The van der Waals surface area contributed by atoms with Gasteiger partial charge in [-0.3, -0.25) is 14.4 Å². The minimum Gasteiger partial charge on any atom is -0.468 e. The van der Waals surface area contributed by atoms with E-state index in [4.69, 9.17) is 4.42 Å². The Labute approximate surface area is 168 Å². The van der Waals surface area contributed by atoms with Gasteiger partial charge in [-0.15, -0.1) is 0 Å². The molecule has 3 heterocycles. The molecule has 2 aromatic heterocycles. The first-order valence-electron chi connectivity index (χ1n) is 9.19. The Hall–Kier alpha value is -1.81. The molecule has 0 radical (unpaired) electrons. The lowest BCUT2D eigenvalue weighted by molar-refractivity contribution is -0.142. The quantitative estimate of drug-likeness (QED) is 0.685. The van der Waals surface area contributed by atoms with Crippen molar-refractivity contribution >= 4 is 21.8 Å². The lowest BCUT2D eigenvalue weighted by atomic mass is 10.2. The smallest absolute Gasteiger partial charge is 0.436 e. The fraction of sp³-hybridized carbons (Fsp3) is 0.556. The van der Waals surface area contributed by atoms with Crippen LogP contribution in [0.2, 0.25) is 0 Å². The van der Waals surface area contributed by atoms with E-state index in [9.17, 15) is 18.0 Å². The Morgan fingerprint density at radius 1 is 1.25 bits per heavy atom. The molecule has 0 unspecified atom stereocenters. The van der Waals surface area contributed by atoms with E-state index in [1.807, 2.05) is 12.1 Å². The number of aromatic nitrogens is 2. The fourth-order valence-corrected chi connectivity index (χ4v) is 4.34. The van der Waals surface area contributed by atoms with Gasteiger partial charge in [0.1, 0.15) is 12.3 Å². The zero-order valence-electron chi connectivity index (χ0n) is 15.1. The van der Waals surface area contributed by atoms with E-state index in [2.05, 4.69) is 25.9 Å². The van der Waals surface area contributed by atoms with Gasteiger partial charge in [0, 0.05) is 32.1 Å². The van der Waals surface area contributed by atoms with Crippen LogP contribution in [0.3, 0.4) is 0 Å². The molecule has 0 atom stereocenters. The van der Waals surface area contributed by atoms with Gasteiger partial charge in [0.05, 0.1) is 23.0 Å². The second kappa shape index (κ2) is 7.55. The first kappa shape index (κ1) is 19.5. The van der Waals surface area contributed by atoms with Crippen molar-refractivity contribution in [3.05, 3.63) is 40.0 Å². The molecule has 152 valence electrons. The van der Waals surface area contributed by atoms with Crippen LogP contribution in [-0.2, 0) is 24.1 Å². The van der Waals surface area contributed by atoms with Gasteiger partial charge in [0.2, 0.25) is 5.91 Å².